The summed E-state index contributed by atoms with van der Waals surface area (Å²) in [5, 5.41) is 0. The van der Waals surface area contributed by atoms with Gasteiger partial charge in [-0.15, -0.1) is 0 Å². The molecule has 0 radical (unpaired) electrons. The Balaban J connectivity index is 1.93. The van der Waals surface area contributed by atoms with Crippen LogP contribution in [0.3, 0.4) is 0 Å². The van der Waals surface area contributed by atoms with Gasteiger partial charge in [-0.05, 0) is 55.2 Å². The fourth-order valence-electron chi connectivity index (χ4n) is 2.79. The number of methoxy groups -OCH3 is 2. The van der Waals surface area contributed by atoms with E-state index in [1.54, 1.807) is 19.2 Å². The van der Waals surface area contributed by atoms with E-state index >= 15 is 0 Å². The highest BCUT2D eigenvalue weighted by Gasteiger charge is 2.48. The smallest absolute Gasteiger partial charge is 0.245 e. The van der Waals surface area contributed by atoms with Gasteiger partial charge >= 0.3 is 0 Å². The zero-order valence-electron chi connectivity index (χ0n) is 14.0. The second-order valence-electron chi connectivity index (χ2n) is 6.07. The number of nitrogens with one attached hydrogen (secondary N) is 1. The van der Waals surface area contributed by atoms with Crippen molar-refractivity contribution in [1.82, 2.24) is 4.72 Å². The van der Waals surface area contributed by atoms with E-state index < -0.39 is 15.6 Å². The minimum atomic E-state index is -3.69. The zero-order valence-corrected chi connectivity index (χ0v) is 14.8. The lowest BCUT2D eigenvalue weighted by molar-refractivity contribution is 0.401. The van der Waals surface area contributed by atoms with E-state index in [-0.39, 0.29) is 4.90 Å². The molecule has 2 aromatic rings. The molecule has 1 fully saturated rings. The Morgan fingerprint density at radius 2 is 1.67 bits per heavy atom. The summed E-state index contributed by atoms with van der Waals surface area (Å²) >= 11 is 0. The second-order valence-corrected chi connectivity index (χ2v) is 7.72. The summed E-state index contributed by atoms with van der Waals surface area (Å²) in [5.74, 6) is 1.09. The molecular formula is C18H21NO4S. The second kappa shape index (κ2) is 6.11. The highest BCUT2D eigenvalue weighted by atomic mass is 32.2. The number of sulfonamides is 1. The Bertz CT molecular complexity index is 840. The van der Waals surface area contributed by atoms with Crippen molar-refractivity contribution in [3.05, 3.63) is 53.6 Å². The maximum absolute atomic E-state index is 12.9. The van der Waals surface area contributed by atoms with E-state index in [0.717, 1.165) is 29.7 Å². The topological polar surface area (TPSA) is 64.6 Å². The maximum atomic E-state index is 12.9. The van der Waals surface area contributed by atoms with Gasteiger partial charge in [0.05, 0.1) is 19.8 Å². The molecule has 1 aliphatic rings. The normalized spacial score (nSPS) is 15.8. The predicted molar refractivity (Wildman–Crippen MR) is 92.0 cm³/mol. The fraction of sp³-hybridized carbons (Fsp3) is 0.333. The van der Waals surface area contributed by atoms with E-state index in [1.165, 1.54) is 7.11 Å². The van der Waals surface area contributed by atoms with Crippen molar-refractivity contribution in [3.8, 4) is 11.5 Å². The Kier molecular flexibility index (Phi) is 4.27. The molecule has 0 bridgehead atoms. The van der Waals surface area contributed by atoms with Crippen LogP contribution in [-0.4, -0.2) is 22.6 Å². The minimum Gasteiger partial charge on any atom is -0.497 e. The van der Waals surface area contributed by atoms with E-state index in [4.69, 9.17) is 9.47 Å². The first-order chi connectivity index (χ1) is 11.4. The van der Waals surface area contributed by atoms with Gasteiger partial charge in [-0.1, -0.05) is 18.2 Å². The summed E-state index contributed by atoms with van der Waals surface area (Å²) in [5.41, 5.74) is 1.27. The standard InChI is InChI=1S/C18H21NO4S/c1-13-4-9-16(23-3)17(12-13)24(20,21)19-18(10-11-18)14-5-7-15(22-2)8-6-14/h4-9,12,19H,10-11H2,1-3H3. The first kappa shape index (κ1) is 16.8. The summed E-state index contributed by atoms with van der Waals surface area (Å²) in [6.45, 7) is 1.86. The van der Waals surface area contributed by atoms with Gasteiger partial charge in [-0.25, -0.2) is 13.1 Å². The molecule has 0 heterocycles. The van der Waals surface area contributed by atoms with Crippen LogP contribution in [0.25, 0.3) is 0 Å². The Morgan fingerprint density at radius 3 is 2.21 bits per heavy atom. The minimum absolute atomic E-state index is 0.171. The molecule has 0 spiro atoms. The van der Waals surface area contributed by atoms with Gasteiger partial charge in [0.1, 0.15) is 16.4 Å². The van der Waals surface area contributed by atoms with Crippen LogP contribution >= 0.6 is 0 Å². The van der Waals surface area contributed by atoms with Crippen LogP contribution in [0.1, 0.15) is 24.0 Å². The number of benzene rings is 2. The Hall–Kier alpha value is -2.05. The van der Waals surface area contributed by atoms with Gasteiger partial charge in [0.2, 0.25) is 10.0 Å². The molecule has 1 aliphatic carbocycles. The predicted octanol–water partition coefficient (Wildman–Crippen LogP) is 2.98. The van der Waals surface area contributed by atoms with Crippen molar-refractivity contribution < 1.29 is 17.9 Å². The molecule has 0 unspecified atom stereocenters. The van der Waals surface area contributed by atoms with Crippen molar-refractivity contribution in [1.29, 1.82) is 0 Å². The van der Waals surface area contributed by atoms with Crippen LogP contribution in [-0.2, 0) is 15.6 Å². The van der Waals surface area contributed by atoms with Crippen LogP contribution in [0.4, 0.5) is 0 Å². The van der Waals surface area contributed by atoms with Crippen molar-refractivity contribution in [2.75, 3.05) is 14.2 Å². The van der Waals surface area contributed by atoms with Crippen LogP contribution < -0.4 is 14.2 Å². The zero-order chi connectivity index (χ0) is 17.4. The van der Waals surface area contributed by atoms with Gasteiger partial charge in [0, 0.05) is 0 Å². The number of ether oxygens (including phenoxy) is 2. The number of rotatable bonds is 6. The van der Waals surface area contributed by atoms with Gasteiger partial charge < -0.3 is 9.47 Å². The quantitative estimate of drug-likeness (QED) is 0.872. The highest BCUT2D eigenvalue weighted by Crippen LogP contribution is 2.47. The van der Waals surface area contributed by atoms with E-state index in [2.05, 4.69) is 4.72 Å². The first-order valence-corrected chi connectivity index (χ1v) is 9.22. The summed E-state index contributed by atoms with van der Waals surface area (Å²) in [7, 11) is -0.613. The molecule has 0 saturated heterocycles. The molecule has 5 nitrogen and oxygen atoms in total. The summed E-state index contributed by atoms with van der Waals surface area (Å²) in [6.07, 6.45) is 1.54. The lowest BCUT2D eigenvalue weighted by Gasteiger charge is -2.19. The fourth-order valence-corrected chi connectivity index (χ4v) is 4.49. The van der Waals surface area contributed by atoms with Crippen LogP contribution in [0, 0.1) is 6.92 Å². The molecule has 1 N–H and O–H groups in total. The number of hydrogen-bond donors (Lipinski definition) is 1. The molecular weight excluding hydrogens is 326 g/mol. The summed E-state index contributed by atoms with van der Waals surface area (Å²) in [6, 6.07) is 12.6. The van der Waals surface area contributed by atoms with E-state index in [0.29, 0.717) is 5.75 Å². The number of hydrogen-bond acceptors (Lipinski definition) is 4. The Labute approximate surface area is 142 Å². The Morgan fingerprint density at radius 1 is 1.00 bits per heavy atom. The van der Waals surface area contributed by atoms with Crippen molar-refractivity contribution in [2.24, 2.45) is 0 Å². The molecule has 2 aromatic carbocycles. The summed E-state index contributed by atoms with van der Waals surface area (Å²) in [4.78, 5) is 0.171. The van der Waals surface area contributed by atoms with Crippen molar-refractivity contribution >= 4 is 10.0 Å². The largest absolute Gasteiger partial charge is 0.497 e. The molecule has 0 amide bonds. The lowest BCUT2D eigenvalue weighted by Crippen LogP contribution is -2.35. The third kappa shape index (κ3) is 3.12. The molecule has 128 valence electrons. The van der Waals surface area contributed by atoms with Gasteiger partial charge in [0.15, 0.2) is 0 Å². The summed E-state index contributed by atoms with van der Waals surface area (Å²) < 4.78 is 39.1. The SMILES string of the molecule is COc1ccc(C2(NS(=O)(=O)c3cc(C)ccc3OC)CC2)cc1. The molecule has 1 saturated carbocycles. The molecule has 24 heavy (non-hydrogen) atoms. The third-order valence-electron chi connectivity index (χ3n) is 4.33. The lowest BCUT2D eigenvalue weighted by atomic mass is 10.1. The monoisotopic (exact) mass is 347 g/mol. The van der Waals surface area contributed by atoms with Gasteiger partial charge in [0.25, 0.3) is 0 Å². The van der Waals surface area contributed by atoms with Crippen LogP contribution in [0.15, 0.2) is 47.4 Å². The van der Waals surface area contributed by atoms with E-state index in [1.807, 2.05) is 37.3 Å². The van der Waals surface area contributed by atoms with Crippen molar-refractivity contribution in [3.63, 3.8) is 0 Å². The molecule has 0 aromatic heterocycles. The first-order valence-electron chi connectivity index (χ1n) is 7.73. The maximum Gasteiger partial charge on any atom is 0.245 e. The highest BCUT2D eigenvalue weighted by molar-refractivity contribution is 7.89. The average Bonchev–Trinajstić information content (AvgIpc) is 3.35. The van der Waals surface area contributed by atoms with Gasteiger partial charge in [-0.3, -0.25) is 0 Å². The number of aryl methyl sites for hydroxylation is 1. The third-order valence-corrected chi connectivity index (χ3v) is 5.89. The van der Waals surface area contributed by atoms with Gasteiger partial charge in [-0.2, -0.15) is 0 Å². The van der Waals surface area contributed by atoms with Crippen molar-refractivity contribution in [2.45, 2.75) is 30.2 Å². The van der Waals surface area contributed by atoms with E-state index in [9.17, 15) is 8.42 Å². The molecule has 0 atom stereocenters. The molecule has 0 aliphatic heterocycles. The molecule has 6 heteroatoms. The molecule has 3 rings (SSSR count). The van der Waals surface area contributed by atoms with Crippen LogP contribution in [0.5, 0.6) is 11.5 Å². The van der Waals surface area contributed by atoms with Crippen LogP contribution in [0.2, 0.25) is 0 Å². The average molecular weight is 347 g/mol.